The predicted molar refractivity (Wildman–Crippen MR) is 101 cm³/mol. The Morgan fingerprint density at radius 2 is 2.04 bits per heavy atom. The highest BCUT2D eigenvalue weighted by molar-refractivity contribution is 6.38. The minimum atomic E-state index is -0.693. The zero-order chi connectivity index (χ0) is 19.3. The summed E-state index contributed by atoms with van der Waals surface area (Å²) in [4.78, 5) is 43.3. The number of carbonyl (C=O) groups is 3. The molecule has 1 fully saturated rings. The van der Waals surface area contributed by atoms with Gasteiger partial charge in [-0.2, -0.15) is 0 Å². The second kappa shape index (κ2) is 8.39. The van der Waals surface area contributed by atoms with E-state index in [1.807, 2.05) is 19.1 Å². The zero-order valence-electron chi connectivity index (χ0n) is 16.0. The summed E-state index contributed by atoms with van der Waals surface area (Å²) in [5.41, 5.74) is 1.08. The van der Waals surface area contributed by atoms with Crippen molar-refractivity contribution in [2.24, 2.45) is 5.41 Å². The summed E-state index contributed by atoms with van der Waals surface area (Å²) in [6.45, 7) is 9.94. The Balaban J connectivity index is 1.98. The van der Waals surface area contributed by atoms with Crippen LogP contribution in [0.2, 0.25) is 0 Å². The Kier molecular flexibility index (Phi) is 6.46. The highest BCUT2D eigenvalue weighted by Gasteiger charge is 2.40. The van der Waals surface area contributed by atoms with E-state index >= 15 is 0 Å². The van der Waals surface area contributed by atoms with Crippen LogP contribution in [0.25, 0.3) is 5.57 Å². The van der Waals surface area contributed by atoms with E-state index in [9.17, 15) is 14.4 Å². The summed E-state index contributed by atoms with van der Waals surface area (Å²) < 4.78 is 0. The van der Waals surface area contributed by atoms with E-state index in [2.05, 4.69) is 11.6 Å². The number of amides is 1. The number of hydrogen-bond acceptors (Lipinski definition) is 4. The number of likely N-dealkylation sites (tertiary alicyclic amines) is 1. The van der Waals surface area contributed by atoms with Gasteiger partial charge in [-0.25, -0.2) is 0 Å². The SMILES string of the molecule is C=C(CCC(=O)[C@@H]1CCCN1C(=O)C(=O)C(C)(C)CC)c1cccnc1. The second-order valence-corrected chi connectivity index (χ2v) is 7.53. The van der Waals surface area contributed by atoms with Crippen molar-refractivity contribution in [1.29, 1.82) is 0 Å². The third kappa shape index (κ3) is 4.45. The molecule has 140 valence electrons. The lowest BCUT2D eigenvalue weighted by atomic mass is 9.84. The Bertz CT molecular complexity index is 694. The van der Waals surface area contributed by atoms with Crippen LogP contribution in [0.1, 0.15) is 58.4 Å². The van der Waals surface area contributed by atoms with E-state index in [4.69, 9.17) is 0 Å². The van der Waals surface area contributed by atoms with Crippen molar-refractivity contribution in [3.05, 3.63) is 36.7 Å². The third-order valence-corrected chi connectivity index (χ3v) is 5.32. The average molecular weight is 356 g/mol. The summed E-state index contributed by atoms with van der Waals surface area (Å²) in [5, 5.41) is 0. The van der Waals surface area contributed by atoms with E-state index in [1.54, 1.807) is 26.2 Å². The lowest BCUT2D eigenvalue weighted by Crippen LogP contribution is -2.47. The van der Waals surface area contributed by atoms with Gasteiger partial charge in [-0.3, -0.25) is 19.4 Å². The molecule has 2 heterocycles. The van der Waals surface area contributed by atoms with Crippen LogP contribution in [-0.4, -0.2) is 39.9 Å². The second-order valence-electron chi connectivity index (χ2n) is 7.53. The third-order valence-electron chi connectivity index (χ3n) is 5.32. The number of rotatable bonds is 8. The summed E-state index contributed by atoms with van der Waals surface area (Å²) >= 11 is 0. The molecule has 5 heteroatoms. The smallest absolute Gasteiger partial charge is 0.291 e. The average Bonchev–Trinajstić information content (AvgIpc) is 3.15. The van der Waals surface area contributed by atoms with E-state index in [0.29, 0.717) is 32.2 Å². The van der Waals surface area contributed by atoms with Gasteiger partial charge in [0.1, 0.15) is 0 Å². The molecule has 0 saturated carbocycles. The molecule has 0 bridgehead atoms. The van der Waals surface area contributed by atoms with Gasteiger partial charge in [-0.05, 0) is 42.9 Å². The first kappa shape index (κ1) is 20.0. The molecule has 0 aromatic carbocycles. The van der Waals surface area contributed by atoms with Gasteiger partial charge >= 0.3 is 0 Å². The number of ketones is 2. The number of allylic oxidation sites excluding steroid dienone is 1. The minimum Gasteiger partial charge on any atom is -0.326 e. The van der Waals surface area contributed by atoms with Gasteiger partial charge < -0.3 is 4.90 Å². The molecule has 0 aliphatic carbocycles. The van der Waals surface area contributed by atoms with Crippen molar-refractivity contribution < 1.29 is 14.4 Å². The number of pyridine rings is 1. The number of carbonyl (C=O) groups excluding carboxylic acids is 3. The number of Topliss-reactive ketones (excluding diaryl/α,β-unsaturated/α-hetero) is 2. The maximum Gasteiger partial charge on any atom is 0.291 e. The fourth-order valence-corrected chi connectivity index (χ4v) is 3.08. The lowest BCUT2D eigenvalue weighted by Gasteiger charge is -2.27. The van der Waals surface area contributed by atoms with Crippen LogP contribution in [0, 0.1) is 5.41 Å². The van der Waals surface area contributed by atoms with Gasteiger partial charge in [0.15, 0.2) is 5.78 Å². The van der Waals surface area contributed by atoms with Gasteiger partial charge in [0.2, 0.25) is 5.78 Å². The van der Waals surface area contributed by atoms with Crippen molar-refractivity contribution >= 4 is 23.0 Å². The molecule has 0 N–H and O–H groups in total. The summed E-state index contributed by atoms with van der Waals surface area (Å²) in [6.07, 6.45) is 6.23. The topological polar surface area (TPSA) is 67.3 Å². The van der Waals surface area contributed by atoms with Gasteiger partial charge in [0.05, 0.1) is 6.04 Å². The molecule has 1 aromatic rings. The van der Waals surface area contributed by atoms with E-state index in [1.165, 1.54) is 4.90 Å². The molecule has 1 saturated heterocycles. The first-order chi connectivity index (χ1) is 12.3. The minimum absolute atomic E-state index is 0.00277. The van der Waals surface area contributed by atoms with Crippen LogP contribution in [0.3, 0.4) is 0 Å². The molecule has 1 amide bonds. The normalized spacial score (nSPS) is 17.2. The molecule has 0 spiro atoms. The van der Waals surface area contributed by atoms with Crippen LogP contribution < -0.4 is 0 Å². The summed E-state index contributed by atoms with van der Waals surface area (Å²) in [6, 6.07) is 3.26. The van der Waals surface area contributed by atoms with Crippen LogP contribution in [0.15, 0.2) is 31.1 Å². The Morgan fingerprint density at radius 1 is 1.31 bits per heavy atom. The Morgan fingerprint density at radius 3 is 2.65 bits per heavy atom. The van der Waals surface area contributed by atoms with E-state index in [-0.39, 0.29) is 5.78 Å². The van der Waals surface area contributed by atoms with Crippen molar-refractivity contribution in [1.82, 2.24) is 9.88 Å². The molecule has 1 aliphatic heterocycles. The van der Waals surface area contributed by atoms with Crippen molar-refractivity contribution in [3.63, 3.8) is 0 Å². The fourth-order valence-electron chi connectivity index (χ4n) is 3.08. The molecule has 1 aliphatic rings. The standard InChI is InChI=1S/C21H28N2O3/c1-5-21(3,4)19(25)20(26)23-13-7-9-17(23)18(24)11-10-15(2)16-8-6-12-22-14-16/h6,8,12,14,17H,2,5,7,9-11,13H2,1,3-4H3/t17-/m0/s1. The van der Waals surface area contributed by atoms with E-state index in [0.717, 1.165) is 17.6 Å². The molecule has 0 radical (unpaired) electrons. The first-order valence-corrected chi connectivity index (χ1v) is 9.24. The van der Waals surface area contributed by atoms with Gasteiger partial charge in [-0.15, -0.1) is 0 Å². The highest BCUT2D eigenvalue weighted by atomic mass is 16.2. The lowest BCUT2D eigenvalue weighted by molar-refractivity contribution is -0.151. The van der Waals surface area contributed by atoms with E-state index < -0.39 is 23.1 Å². The number of aromatic nitrogens is 1. The van der Waals surface area contributed by atoms with Crippen LogP contribution in [0.5, 0.6) is 0 Å². The van der Waals surface area contributed by atoms with Gasteiger partial charge in [0, 0.05) is 30.8 Å². The molecule has 26 heavy (non-hydrogen) atoms. The van der Waals surface area contributed by atoms with Crippen LogP contribution in [0.4, 0.5) is 0 Å². The number of nitrogens with zero attached hydrogens (tertiary/aromatic N) is 2. The zero-order valence-corrected chi connectivity index (χ0v) is 16.0. The molecule has 1 atom stereocenters. The van der Waals surface area contributed by atoms with Crippen LogP contribution in [-0.2, 0) is 14.4 Å². The first-order valence-electron chi connectivity index (χ1n) is 9.24. The van der Waals surface area contributed by atoms with Crippen molar-refractivity contribution in [2.45, 2.75) is 58.9 Å². The fraction of sp³-hybridized carbons (Fsp3) is 0.524. The quantitative estimate of drug-likeness (QED) is 0.669. The molecule has 5 nitrogen and oxygen atoms in total. The van der Waals surface area contributed by atoms with Gasteiger partial charge in [-0.1, -0.05) is 33.4 Å². The molecular weight excluding hydrogens is 328 g/mol. The summed E-state index contributed by atoms with van der Waals surface area (Å²) in [5.74, 6) is -0.916. The Labute approximate surface area is 155 Å². The largest absolute Gasteiger partial charge is 0.326 e. The maximum absolute atomic E-state index is 12.7. The predicted octanol–water partition coefficient (Wildman–Crippen LogP) is 3.44. The summed E-state index contributed by atoms with van der Waals surface area (Å²) in [7, 11) is 0. The maximum atomic E-state index is 12.7. The van der Waals surface area contributed by atoms with Gasteiger partial charge in [0.25, 0.3) is 5.91 Å². The molecule has 0 unspecified atom stereocenters. The van der Waals surface area contributed by atoms with Crippen molar-refractivity contribution in [3.8, 4) is 0 Å². The molecular formula is C21H28N2O3. The number of hydrogen-bond donors (Lipinski definition) is 0. The Hall–Kier alpha value is -2.30. The van der Waals surface area contributed by atoms with Crippen molar-refractivity contribution in [2.75, 3.05) is 6.54 Å². The molecule has 2 rings (SSSR count). The highest BCUT2D eigenvalue weighted by Crippen LogP contribution is 2.27. The van der Waals surface area contributed by atoms with Crippen LogP contribution >= 0.6 is 0 Å². The molecule has 1 aromatic heterocycles. The monoisotopic (exact) mass is 356 g/mol.